The number of hydrogen-bond donors (Lipinski definition) is 1. The second kappa shape index (κ2) is 7.67. The molecule has 96 valence electrons. The highest BCUT2D eigenvalue weighted by Crippen LogP contribution is 2.21. The van der Waals surface area contributed by atoms with E-state index in [4.69, 9.17) is 4.74 Å². The molecule has 17 heavy (non-hydrogen) atoms. The molecule has 0 saturated heterocycles. The van der Waals surface area contributed by atoms with Crippen LogP contribution in [0.3, 0.4) is 0 Å². The van der Waals surface area contributed by atoms with Crippen LogP contribution in [0, 0.1) is 0 Å². The summed E-state index contributed by atoms with van der Waals surface area (Å²) in [5, 5.41) is 3.30. The number of aromatic nitrogens is 1. The Hall–Kier alpha value is -0.610. The molecule has 1 aromatic rings. The van der Waals surface area contributed by atoms with Crippen molar-refractivity contribution in [3.05, 3.63) is 22.3 Å². The third kappa shape index (κ3) is 5.04. The molecular weight excluding hydrogens is 280 g/mol. The number of halogens is 1. The van der Waals surface area contributed by atoms with Gasteiger partial charge in [-0.05, 0) is 41.9 Å². The van der Waals surface area contributed by atoms with Gasteiger partial charge in [0.05, 0.1) is 6.10 Å². The molecule has 1 N–H and O–H groups in total. The SMILES string of the molecule is CCCC(C)Oc1ncc(Br)cc1CNCC. The van der Waals surface area contributed by atoms with Crippen LogP contribution in [0.1, 0.15) is 39.2 Å². The summed E-state index contributed by atoms with van der Waals surface area (Å²) < 4.78 is 6.85. The van der Waals surface area contributed by atoms with E-state index in [1.165, 1.54) is 0 Å². The van der Waals surface area contributed by atoms with E-state index in [1.807, 2.05) is 0 Å². The molecule has 0 radical (unpaired) electrons. The quantitative estimate of drug-likeness (QED) is 0.836. The molecule has 1 rings (SSSR count). The monoisotopic (exact) mass is 300 g/mol. The summed E-state index contributed by atoms with van der Waals surface area (Å²) in [6, 6.07) is 2.06. The van der Waals surface area contributed by atoms with Gasteiger partial charge in [-0.3, -0.25) is 0 Å². The Kier molecular flexibility index (Phi) is 6.52. The second-order valence-electron chi connectivity index (χ2n) is 4.12. The molecule has 0 aliphatic rings. The zero-order valence-electron chi connectivity index (χ0n) is 10.8. The van der Waals surface area contributed by atoms with Crippen molar-refractivity contribution < 1.29 is 4.74 Å². The molecule has 0 fully saturated rings. The number of nitrogens with one attached hydrogen (secondary N) is 1. The average molecular weight is 301 g/mol. The molecule has 1 aromatic heterocycles. The zero-order valence-corrected chi connectivity index (χ0v) is 12.4. The lowest BCUT2D eigenvalue weighted by Crippen LogP contribution is -2.17. The first-order valence-electron chi connectivity index (χ1n) is 6.19. The minimum Gasteiger partial charge on any atom is -0.474 e. The first-order chi connectivity index (χ1) is 8.17. The molecular formula is C13H21BrN2O. The summed E-state index contributed by atoms with van der Waals surface area (Å²) in [6.07, 6.45) is 4.18. The lowest BCUT2D eigenvalue weighted by Gasteiger charge is -2.16. The topological polar surface area (TPSA) is 34.1 Å². The molecule has 1 unspecified atom stereocenters. The van der Waals surface area contributed by atoms with Crippen LogP contribution in [-0.4, -0.2) is 17.6 Å². The standard InChI is InChI=1S/C13H21BrN2O/c1-4-6-10(3)17-13-11(8-15-5-2)7-12(14)9-16-13/h7,9-10,15H,4-6,8H2,1-3H3. The molecule has 0 bridgehead atoms. The van der Waals surface area contributed by atoms with Crippen molar-refractivity contribution in [2.24, 2.45) is 0 Å². The molecule has 4 heteroatoms. The summed E-state index contributed by atoms with van der Waals surface area (Å²) in [4.78, 5) is 4.34. The minimum absolute atomic E-state index is 0.217. The van der Waals surface area contributed by atoms with Crippen molar-refractivity contribution >= 4 is 15.9 Å². The fourth-order valence-corrected chi connectivity index (χ4v) is 2.00. The van der Waals surface area contributed by atoms with Gasteiger partial charge in [0.15, 0.2) is 0 Å². The maximum atomic E-state index is 5.87. The van der Waals surface area contributed by atoms with E-state index >= 15 is 0 Å². The van der Waals surface area contributed by atoms with Crippen LogP contribution in [-0.2, 0) is 6.54 Å². The third-order valence-electron chi connectivity index (χ3n) is 2.47. The van der Waals surface area contributed by atoms with E-state index in [1.54, 1.807) is 6.20 Å². The smallest absolute Gasteiger partial charge is 0.218 e. The van der Waals surface area contributed by atoms with Crippen molar-refractivity contribution in [3.8, 4) is 5.88 Å². The van der Waals surface area contributed by atoms with E-state index in [9.17, 15) is 0 Å². The number of rotatable bonds is 7. The van der Waals surface area contributed by atoms with E-state index in [-0.39, 0.29) is 6.10 Å². The molecule has 0 saturated carbocycles. The van der Waals surface area contributed by atoms with Crippen molar-refractivity contribution in [1.82, 2.24) is 10.3 Å². The summed E-state index contributed by atoms with van der Waals surface area (Å²) in [6.45, 7) is 8.07. The molecule has 0 aromatic carbocycles. The Labute approximate surface area is 112 Å². The van der Waals surface area contributed by atoms with Crippen LogP contribution in [0.5, 0.6) is 5.88 Å². The van der Waals surface area contributed by atoms with E-state index in [0.717, 1.165) is 41.8 Å². The summed E-state index contributed by atoms with van der Waals surface area (Å²) in [7, 11) is 0. The van der Waals surface area contributed by atoms with Crippen molar-refractivity contribution in [3.63, 3.8) is 0 Å². The fourth-order valence-electron chi connectivity index (χ4n) is 1.62. The molecule has 0 spiro atoms. The third-order valence-corrected chi connectivity index (χ3v) is 2.90. The predicted molar refractivity (Wildman–Crippen MR) is 74.3 cm³/mol. The van der Waals surface area contributed by atoms with Gasteiger partial charge < -0.3 is 10.1 Å². The highest BCUT2D eigenvalue weighted by Gasteiger charge is 2.09. The van der Waals surface area contributed by atoms with E-state index < -0.39 is 0 Å². The Morgan fingerprint density at radius 3 is 2.88 bits per heavy atom. The normalized spacial score (nSPS) is 12.5. The second-order valence-corrected chi connectivity index (χ2v) is 5.03. The van der Waals surface area contributed by atoms with Crippen LogP contribution in [0.25, 0.3) is 0 Å². The molecule has 0 amide bonds. The zero-order chi connectivity index (χ0) is 12.7. The Morgan fingerprint density at radius 1 is 1.47 bits per heavy atom. The fraction of sp³-hybridized carbons (Fsp3) is 0.615. The van der Waals surface area contributed by atoms with Gasteiger partial charge in [0.2, 0.25) is 5.88 Å². The number of pyridine rings is 1. The van der Waals surface area contributed by atoms with Gasteiger partial charge in [0, 0.05) is 22.8 Å². The average Bonchev–Trinajstić information content (AvgIpc) is 2.30. The van der Waals surface area contributed by atoms with Crippen molar-refractivity contribution in [1.29, 1.82) is 0 Å². The van der Waals surface area contributed by atoms with Gasteiger partial charge in [-0.1, -0.05) is 20.3 Å². The number of hydrogen-bond acceptors (Lipinski definition) is 3. The molecule has 3 nitrogen and oxygen atoms in total. The Balaban J connectivity index is 2.74. The molecule has 0 aliphatic heterocycles. The minimum atomic E-state index is 0.217. The van der Waals surface area contributed by atoms with Crippen molar-refractivity contribution in [2.75, 3.05) is 6.54 Å². The van der Waals surface area contributed by atoms with Crippen LogP contribution in [0.2, 0.25) is 0 Å². The van der Waals surface area contributed by atoms with Gasteiger partial charge in [-0.2, -0.15) is 0 Å². The summed E-state index contributed by atoms with van der Waals surface area (Å²) in [5.41, 5.74) is 1.10. The van der Waals surface area contributed by atoms with Gasteiger partial charge in [-0.25, -0.2) is 4.98 Å². The Bertz CT molecular complexity index is 344. The highest BCUT2D eigenvalue weighted by atomic mass is 79.9. The van der Waals surface area contributed by atoms with Gasteiger partial charge in [-0.15, -0.1) is 0 Å². The first-order valence-corrected chi connectivity index (χ1v) is 6.98. The highest BCUT2D eigenvalue weighted by molar-refractivity contribution is 9.10. The summed E-state index contributed by atoms with van der Waals surface area (Å²) in [5.74, 6) is 0.745. The molecule has 0 aliphatic carbocycles. The van der Waals surface area contributed by atoms with Gasteiger partial charge in [0.1, 0.15) is 0 Å². The van der Waals surface area contributed by atoms with Crippen LogP contribution in [0.4, 0.5) is 0 Å². The van der Waals surface area contributed by atoms with Crippen LogP contribution in [0.15, 0.2) is 16.7 Å². The maximum absolute atomic E-state index is 5.87. The largest absolute Gasteiger partial charge is 0.474 e. The van der Waals surface area contributed by atoms with Crippen LogP contribution < -0.4 is 10.1 Å². The lowest BCUT2D eigenvalue weighted by molar-refractivity contribution is 0.199. The van der Waals surface area contributed by atoms with Crippen LogP contribution >= 0.6 is 15.9 Å². The lowest BCUT2D eigenvalue weighted by atomic mass is 10.2. The molecule has 1 atom stereocenters. The summed E-state index contributed by atoms with van der Waals surface area (Å²) >= 11 is 3.44. The predicted octanol–water partition coefficient (Wildman–Crippen LogP) is 3.52. The van der Waals surface area contributed by atoms with Gasteiger partial charge >= 0.3 is 0 Å². The number of nitrogens with zero attached hydrogens (tertiary/aromatic N) is 1. The maximum Gasteiger partial charge on any atom is 0.218 e. The van der Waals surface area contributed by atoms with Crippen molar-refractivity contribution in [2.45, 2.75) is 46.3 Å². The first kappa shape index (κ1) is 14.5. The van der Waals surface area contributed by atoms with E-state index in [2.05, 4.69) is 53.1 Å². The molecule has 1 heterocycles. The number of ether oxygens (including phenoxy) is 1. The van der Waals surface area contributed by atoms with Gasteiger partial charge in [0.25, 0.3) is 0 Å². The van der Waals surface area contributed by atoms with E-state index in [0.29, 0.717) is 0 Å². The Morgan fingerprint density at radius 2 is 2.24 bits per heavy atom.